The van der Waals surface area contributed by atoms with Crippen LogP contribution in [-0.4, -0.2) is 52.7 Å². The van der Waals surface area contributed by atoms with Crippen molar-refractivity contribution < 1.29 is 17.9 Å². The number of nitrogens with one attached hydrogen (secondary N) is 2. The molecule has 2 rings (SSSR count). The molecule has 0 aliphatic heterocycles. The van der Waals surface area contributed by atoms with Crippen LogP contribution in [0.4, 0.5) is 5.69 Å². The number of methoxy groups -OCH3 is 1. The molecular weight excluding hydrogens is 378 g/mol. The van der Waals surface area contributed by atoms with E-state index in [-0.39, 0.29) is 17.7 Å². The Morgan fingerprint density at radius 1 is 1.14 bits per heavy atom. The fourth-order valence-electron chi connectivity index (χ4n) is 2.78. The number of hydrogen-bond acceptors (Lipinski definition) is 5. The van der Waals surface area contributed by atoms with E-state index in [0.29, 0.717) is 17.8 Å². The van der Waals surface area contributed by atoms with Crippen molar-refractivity contribution in [3.63, 3.8) is 0 Å². The highest BCUT2D eigenvalue weighted by atomic mass is 32.2. The minimum absolute atomic E-state index is 0.0349. The zero-order valence-electron chi connectivity index (χ0n) is 16.6. The van der Waals surface area contributed by atoms with Crippen molar-refractivity contribution in [3.8, 4) is 5.75 Å². The first-order valence-electron chi connectivity index (χ1n) is 8.95. The molecule has 0 aliphatic carbocycles. The van der Waals surface area contributed by atoms with Crippen LogP contribution >= 0.6 is 0 Å². The number of carbonyl (C=O) groups is 1. The molecule has 0 unspecified atom stereocenters. The lowest BCUT2D eigenvalue weighted by Gasteiger charge is -2.26. The summed E-state index contributed by atoms with van der Waals surface area (Å²) in [5, 5.41) is 2.92. The molecule has 0 saturated heterocycles. The molecule has 0 spiro atoms. The third kappa shape index (κ3) is 5.71. The van der Waals surface area contributed by atoms with E-state index < -0.39 is 10.0 Å². The van der Waals surface area contributed by atoms with E-state index in [1.165, 1.54) is 6.07 Å². The van der Waals surface area contributed by atoms with Gasteiger partial charge in [0.25, 0.3) is 5.91 Å². The minimum atomic E-state index is -3.40. The third-order valence-corrected chi connectivity index (χ3v) is 5.66. The van der Waals surface area contributed by atoms with Gasteiger partial charge in [-0.15, -0.1) is 0 Å². The van der Waals surface area contributed by atoms with Crippen molar-refractivity contribution in [1.82, 2.24) is 10.2 Å². The number of nitrogens with zero attached hydrogens (tertiary/aromatic N) is 1. The normalized spacial score (nSPS) is 12.5. The van der Waals surface area contributed by atoms with Gasteiger partial charge in [0.2, 0.25) is 10.0 Å². The Labute approximate surface area is 166 Å². The summed E-state index contributed by atoms with van der Waals surface area (Å²) in [6.07, 6.45) is 0. The van der Waals surface area contributed by atoms with Crippen molar-refractivity contribution in [2.75, 3.05) is 38.2 Å². The quantitative estimate of drug-likeness (QED) is 0.669. The Bertz CT molecular complexity index is 913. The molecular formula is C20H27N3O4S. The third-order valence-electron chi connectivity index (χ3n) is 4.36. The summed E-state index contributed by atoms with van der Waals surface area (Å²) in [6, 6.07) is 14.0. The van der Waals surface area contributed by atoms with Crippen LogP contribution in [0, 0.1) is 0 Å². The fourth-order valence-corrected chi connectivity index (χ4v) is 3.41. The van der Waals surface area contributed by atoms with Crippen LogP contribution in [0.5, 0.6) is 5.75 Å². The van der Waals surface area contributed by atoms with Gasteiger partial charge < -0.3 is 15.0 Å². The molecule has 0 saturated carbocycles. The summed E-state index contributed by atoms with van der Waals surface area (Å²) < 4.78 is 31.3. The Kier molecular flexibility index (Phi) is 7.42. The first kappa shape index (κ1) is 21.7. The number of hydrogen-bond donors (Lipinski definition) is 2. The monoisotopic (exact) mass is 405 g/mol. The van der Waals surface area contributed by atoms with E-state index >= 15 is 0 Å². The number of ether oxygens (including phenoxy) is 1. The van der Waals surface area contributed by atoms with Gasteiger partial charge in [0.1, 0.15) is 5.75 Å². The lowest BCUT2D eigenvalue weighted by Crippen LogP contribution is -2.34. The smallest absolute Gasteiger partial charge is 0.251 e. The number of rotatable bonds is 9. The maximum Gasteiger partial charge on any atom is 0.251 e. The minimum Gasteiger partial charge on any atom is -0.496 e. The van der Waals surface area contributed by atoms with Gasteiger partial charge in [-0.05, 0) is 45.3 Å². The number of para-hydroxylation sites is 1. The van der Waals surface area contributed by atoms with Crippen molar-refractivity contribution >= 4 is 21.6 Å². The van der Waals surface area contributed by atoms with Crippen LogP contribution in [0.2, 0.25) is 0 Å². The van der Waals surface area contributed by atoms with Crippen LogP contribution in [0.25, 0.3) is 0 Å². The predicted molar refractivity (Wildman–Crippen MR) is 111 cm³/mol. The standard InChI is InChI=1S/C20H27N3O4S/c1-5-28(25,26)22-16-10-8-9-15(13-16)20(24)21-14-18(23(2)3)17-11-6-7-12-19(17)27-4/h6-13,18,22H,5,14H2,1-4H3,(H,21,24)/t18-/m1/s1. The summed E-state index contributed by atoms with van der Waals surface area (Å²) in [5.41, 5.74) is 1.72. The lowest BCUT2D eigenvalue weighted by atomic mass is 10.0. The lowest BCUT2D eigenvalue weighted by molar-refractivity contribution is 0.0941. The summed E-state index contributed by atoms with van der Waals surface area (Å²) in [6.45, 7) is 1.93. The van der Waals surface area contributed by atoms with E-state index in [1.54, 1.807) is 32.2 Å². The molecule has 2 aromatic carbocycles. The molecule has 0 aromatic heterocycles. The van der Waals surface area contributed by atoms with Gasteiger partial charge in [0, 0.05) is 23.4 Å². The largest absolute Gasteiger partial charge is 0.496 e. The van der Waals surface area contributed by atoms with E-state index in [1.807, 2.05) is 43.3 Å². The summed E-state index contributed by atoms with van der Waals surface area (Å²) in [5.74, 6) is 0.443. The second-order valence-electron chi connectivity index (χ2n) is 6.52. The molecule has 7 nitrogen and oxygen atoms in total. The number of sulfonamides is 1. The van der Waals surface area contributed by atoms with Crippen LogP contribution < -0.4 is 14.8 Å². The number of amides is 1. The molecule has 0 radical (unpaired) electrons. The molecule has 2 aromatic rings. The molecule has 0 heterocycles. The van der Waals surface area contributed by atoms with E-state index in [4.69, 9.17) is 4.74 Å². The molecule has 28 heavy (non-hydrogen) atoms. The highest BCUT2D eigenvalue weighted by molar-refractivity contribution is 7.92. The van der Waals surface area contributed by atoms with Gasteiger partial charge in [0.15, 0.2) is 0 Å². The zero-order chi connectivity index (χ0) is 20.7. The molecule has 152 valence electrons. The van der Waals surface area contributed by atoms with Gasteiger partial charge in [0.05, 0.1) is 18.9 Å². The predicted octanol–water partition coefficient (Wildman–Crippen LogP) is 2.49. The van der Waals surface area contributed by atoms with Crippen molar-refractivity contribution in [1.29, 1.82) is 0 Å². The molecule has 8 heteroatoms. The maximum absolute atomic E-state index is 12.6. The van der Waals surface area contributed by atoms with Crippen LogP contribution in [0.1, 0.15) is 28.9 Å². The highest BCUT2D eigenvalue weighted by Gasteiger charge is 2.19. The second-order valence-corrected chi connectivity index (χ2v) is 8.53. The number of anilines is 1. The average molecular weight is 406 g/mol. The Balaban J connectivity index is 2.13. The molecule has 0 fully saturated rings. The van der Waals surface area contributed by atoms with E-state index in [2.05, 4.69) is 10.0 Å². The van der Waals surface area contributed by atoms with Crippen LogP contribution in [0.15, 0.2) is 48.5 Å². The van der Waals surface area contributed by atoms with Crippen molar-refractivity contribution in [2.24, 2.45) is 0 Å². The van der Waals surface area contributed by atoms with Gasteiger partial charge in [-0.3, -0.25) is 9.52 Å². The van der Waals surface area contributed by atoms with Crippen molar-refractivity contribution in [2.45, 2.75) is 13.0 Å². The first-order valence-corrected chi connectivity index (χ1v) is 10.6. The van der Waals surface area contributed by atoms with Gasteiger partial charge in [-0.2, -0.15) is 0 Å². The molecule has 0 aliphatic rings. The number of benzene rings is 2. The molecule has 0 bridgehead atoms. The Hall–Kier alpha value is -2.58. The summed E-state index contributed by atoms with van der Waals surface area (Å²) >= 11 is 0. The zero-order valence-corrected chi connectivity index (χ0v) is 17.4. The van der Waals surface area contributed by atoms with Crippen molar-refractivity contribution in [3.05, 3.63) is 59.7 Å². The summed E-state index contributed by atoms with van der Waals surface area (Å²) in [4.78, 5) is 14.6. The SMILES string of the molecule is CCS(=O)(=O)Nc1cccc(C(=O)NC[C@H](c2ccccc2OC)N(C)C)c1. The Morgan fingerprint density at radius 2 is 1.86 bits per heavy atom. The number of likely N-dealkylation sites (N-methyl/N-ethyl adjacent to an activating group) is 1. The van der Waals surface area contributed by atoms with E-state index in [0.717, 1.165) is 11.3 Å². The van der Waals surface area contributed by atoms with Gasteiger partial charge >= 0.3 is 0 Å². The second kappa shape index (κ2) is 9.57. The topological polar surface area (TPSA) is 87.7 Å². The first-order chi connectivity index (χ1) is 13.3. The van der Waals surface area contributed by atoms with Gasteiger partial charge in [-0.1, -0.05) is 24.3 Å². The average Bonchev–Trinajstić information content (AvgIpc) is 2.68. The number of carbonyl (C=O) groups excluding carboxylic acids is 1. The highest BCUT2D eigenvalue weighted by Crippen LogP contribution is 2.27. The molecule has 1 amide bonds. The molecule has 2 N–H and O–H groups in total. The van der Waals surface area contributed by atoms with Crippen LogP contribution in [0.3, 0.4) is 0 Å². The maximum atomic E-state index is 12.6. The fraction of sp³-hybridized carbons (Fsp3) is 0.350. The Morgan fingerprint density at radius 3 is 2.50 bits per heavy atom. The molecule has 1 atom stereocenters. The van der Waals surface area contributed by atoms with Gasteiger partial charge in [-0.25, -0.2) is 8.42 Å². The van der Waals surface area contributed by atoms with Crippen LogP contribution in [-0.2, 0) is 10.0 Å². The van der Waals surface area contributed by atoms with E-state index in [9.17, 15) is 13.2 Å². The summed E-state index contributed by atoms with van der Waals surface area (Å²) in [7, 11) is 2.09.